The molecule has 1 aromatic carbocycles. The second-order valence-electron chi connectivity index (χ2n) is 2.41. The molecule has 0 N–H and O–H groups in total. The van der Waals surface area contributed by atoms with E-state index in [2.05, 4.69) is 15.9 Å². The van der Waals surface area contributed by atoms with Gasteiger partial charge in [0.2, 0.25) is 0 Å². The van der Waals surface area contributed by atoms with Crippen molar-refractivity contribution in [2.45, 2.75) is 0 Å². The molecule has 3 heteroatoms. The molecule has 0 saturated heterocycles. The smallest absolute Gasteiger partial charge is 0.337 e. The summed E-state index contributed by atoms with van der Waals surface area (Å²) in [6.07, 6.45) is 0. The maximum absolute atomic E-state index is 10.9. The van der Waals surface area contributed by atoms with Gasteiger partial charge in [-0.15, -0.1) is 0 Å². The van der Waals surface area contributed by atoms with Crippen molar-refractivity contribution in [1.82, 2.24) is 0 Å². The number of hydrogen-bond donors (Lipinski definition) is 0. The Bertz CT molecular complexity index is 473. The highest BCUT2D eigenvalue weighted by molar-refractivity contribution is 9.10. The number of para-hydroxylation sites is 1. The van der Waals surface area contributed by atoms with Gasteiger partial charge in [-0.3, -0.25) is 0 Å². The number of rotatable bonds is 0. The van der Waals surface area contributed by atoms with Gasteiger partial charge in [-0.2, -0.15) is 0 Å². The van der Waals surface area contributed by atoms with Crippen molar-refractivity contribution in [3.05, 3.63) is 45.2 Å². The minimum Gasteiger partial charge on any atom is -0.423 e. The molecule has 0 amide bonds. The third-order valence-corrected chi connectivity index (χ3v) is 2.26. The first kappa shape index (κ1) is 7.55. The van der Waals surface area contributed by atoms with E-state index >= 15 is 0 Å². The Balaban J connectivity index is 2.99. The van der Waals surface area contributed by atoms with E-state index in [4.69, 9.17) is 4.42 Å². The van der Waals surface area contributed by atoms with Gasteiger partial charge >= 0.3 is 5.63 Å². The Morgan fingerprint density at radius 2 is 2.00 bits per heavy atom. The first-order valence-corrected chi connectivity index (χ1v) is 4.25. The largest absolute Gasteiger partial charge is 0.423 e. The van der Waals surface area contributed by atoms with Crippen LogP contribution in [0.2, 0.25) is 0 Å². The average Bonchev–Trinajstić information content (AvgIpc) is 2.04. The first-order chi connectivity index (χ1) is 5.77. The van der Waals surface area contributed by atoms with E-state index < -0.39 is 0 Å². The van der Waals surface area contributed by atoms with Gasteiger partial charge in [0.05, 0.1) is 0 Å². The van der Waals surface area contributed by atoms with Gasteiger partial charge in [0.1, 0.15) is 5.58 Å². The van der Waals surface area contributed by atoms with E-state index in [1.54, 1.807) is 6.07 Å². The van der Waals surface area contributed by atoms with Crippen molar-refractivity contribution >= 4 is 26.9 Å². The Kier molecular flexibility index (Phi) is 1.73. The van der Waals surface area contributed by atoms with Crippen molar-refractivity contribution in [2.75, 3.05) is 0 Å². The second-order valence-corrected chi connectivity index (χ2v) is 3.26. The minimum atomic E-state index is -0.333. The number of hydrogen-bond acceptors (Lipinski definition) is 2. The van der Waals surface area contributed by atoms with Crippen molar-refractivity contribution < 1.29 is 4.42 Å². The molecule has 0 atom stereocenters. The fourth-order valence-corrected chi connectivity index (χ4v) is 1.59. The quantitative estimate of drug-likeness (QED) is 0.645. The van der Waals surface area contributed by atoms with Crippen molar-refractivity contribution in [3.63, 3.8) is 0 Å². The van der Waals surface area contributed by atoms with Gasteiger partial charge in [0, 0.05) is 15.9 Å². The summed E-state index contributed by atoms with van der Waals surface area (Å²) < 4.78 is 5.73. The summed E-state index contributed by atoms with van der Waals surface area (Å²) in [6.45, 7) is 0. The van der Waals surface area contributed by atoms with Crippen LogP contribution in [-0.2, 0) is 0 Å². The molecular formula is C9H5BrO2. The van der Waals surface area contributed by atoms with Gasteiger partial charge in [-0.25, -0.2) is 4.79 Å². The highest BCUT2D eigenvalue weighted by Crippen LogP contribution is 2.20. The zero-order valence-corrected chi connectivity index (χ0v) is 7.67. The van der Waals surface area contributed by atoms with Crippen molar-refractivity contribution in [2.24, 2.45) is 0 Å². The Morgan fingerprint density at radius 3 is 2.83 bits per heavy atom. The molecule has 60 valence electrons. The van der Waals surface area contributed by atoms with E-state index in [-0.39, 0.29) is 5.63 Å². The van der Waals surface area contributed by atoms with Crippen LogP contribution in [0.1, 0.15) is 0 Å². The van der Waals surface area contributed by atoms with E-state index in [1.165, 1.54) is 6.07 Å². The fraction of sp³-hybridized carbons (Fsp3) is 0. The molecule has 0 saturated carbocycles. The second kappa shape index (κ2) is 2.75. The van der Waals surface area contributed by atoms with Gasteiger partial charge in [0.15, 0.2) is 0 Å². The molecule has 0 spiro atoms. The molecule has 1 heterocycles. The van der Waals surface area contributed by atoms with E-state index in [0.29, 0.717) is 5.58 Å². The van der Waals surface area contributed by atoms with Gasteiger partial charge < -0.3 is 4.42 Å². The number of halogens is 1. The highest BCUT2D eigenvalue weighted by Gasteiger charge is 2.00. The van der Waals surface area contributed by atoms with Crippen molar-refractivity contribution in [3.8, 4) is 0 Å². The lowest BCUT2D eigenvalue weighted by Gasteiger charge is -1.96. The number of benzene rings is 1. The van der Waals surface area contributed by atoms with E-state index in [9.17, 15) is 4.79 Å². The SMILES string of the molecule is O=c1cc(Br)c2ccccc2o1. The maximum atomic E-state index is 10.9. The first-order valence-electron chi connectivity index (χ1n) is 3.46. The molecule has 2 rings (SSSR count). The minimum absolute atomic E-state index is 0.333. The van der Waals surface area contributed by atoms with Crippen LogP contribution >= 0.6 is 15.9 Å². The van der Waals surface area contributed by atoms with Gasteiger partial charge in [-0.05, 0) is 22.0 Å². The predicted molar refractivity (Wildman–Crippen MR) is 50.2 cm³/mol. The Hall–Kier alpha value is -1.09. The summed E-state index contributed by atoms with van der Waals surface area (Å²) >= 11 is 3.29. The lowest BCUT2D eigenvalue weighted by molar-refractivity contribution is 0.560. The van der Waals surface area contributed by atoms with Crippen molar-refractivity contribution in [1.29, 1.82) is 0 Å². The summed E-state index contributed by atoms with van der Waals surface area (Å²) in [6, 6.07) is 8.80. The monoisotopic (exact) mass is 224 g/mol. The molecule has 0 radical (unpaired) electrons. The third kappa shape index (κ3) is 1.16. The molecule has 0 aliphatic rings. The normalized spacial score (nSPS) is 10.4. The zero-order chi connectivity index (χ0) is 8.55. The molecule has 0 fully saturated rings. The number of fused-ring (bicyclic) bond motifs is 1. The average molecular weight is 225 g/mol. The summed E-state index contributed by atoms with van der Waals surface area (Å²) in [5.41, 5.74) is 0.275. The van der Waals surface area contributed by atoms with Gasteiger partial charge in [0.25, 0.3) is 0 Å². The van der Waals surface area contributed by atoms with Crippen LogP contribution in [0.3, 0.4) is 0 Å². The van der Waals surface area contributed by atoms with Crippen LogP contribution < -0.4 is 5.63 Å². The molecule has 0 aliphatic heterocycles. The molecule has 12 heavy (non-hydrogen) atoms. The van der Waals surface area contributed by atoms with Gasteiger partial charge in [-0.1, -0.05) is 18.2 Å². The molecule has 2 nitrogen and oxygen atoms in total. The van der Waals surface area contributed by atoms with Crippen LogP contribution in [-0.4, -0.2) is 0 Å². The van der Waals surface area contributed by atoms with Crippen LogP contribution in [0.4, 0.5) is 0 Å². The zero-order valence-electron chi connectivity index (χ0n) is 6.08. The van der Waals surface area contributed by atoms with E-state index in [1.807, 2.05) is 18.2 Å². The lowest BCUT2D eigenvalue weighted by atomic mass is 10.2. The molecule has 0 bridgehead atoms. The van der Waals surface area contributed by atoms with E-state index in [0.717, 1.165) is 9.86 Å². The standard InChI is InChI=1S/C9H5BrO2/c10-7-5-9(11)12-8-4-2-1-3-6(7)8/h1-5H. The molecular weight excluding hydrogens is 220 g/mol. The predicted octanol–water partition coefficient (Wildman–Crippen LogP) is 2.56. The fourth-order valence-electron chi connectivity index (χ4n) is 1.07. The lowest BCUT2D eigenvalue weighted by Crippen LogP contribution is -1.95. The topological polar surface area (TPSA) is 30.2 Å². The summed E-state index contributed by atoms with van der Waals surface area (Å²) in [5.74, 6) is 0. The summed E-state index contributed by atoms with van der Waals surface area (Å²) in [4.78, 5) is 10.9. The maximum Gasteiger partial charge on any atom is 0.337 e. The highest BCUT2D eigenvalue weighted by atomic mass is 79.9. The molecule has 0 unspecified atom stereocenters. The third-order valence-electron chi connectivity index (χ3n) is 1.60. The van der Waals surface area contributed by atoms with Crippen LogP contribution in [0.25, 0.3) is 11.0 Å². The van der Waals surface area contributed by atoms with Crippen LogP contribution in [0.5, 0.6) is 0 Å². The molecule has 2 aromatic rings. The Labute approximate surface area is 76.9 Å². The molecule has 0 aliphatic carbocycles. The summed E-state index contributed by atoms with van der Waals surface area (Å²) in [7, 11) is 0. The summed E-state index contributed by atoms with van der Waals surface area (Å²) in [5, 5.41) is 0.914. The Morgan fingerprint density at radius 1 is 1.25 bits per heavy atom. The van der Waals surface area contributed by atoms with Crippen LogP contribution in [0.15, 0.2) is 44.0 Å². The molecule has 1 aromatic heterocycles. The van der Waals surface area contributed by atoms with Crippen LogP contribution in [0, 0.1) is 0 Å².